The topological polar surface area (TPSA) is 65.2 Å². The molecule has 0 atom stereocenters. The Labute approximate surface area is 185 Å². The van der Waals surface area contributed by atoms with Crippen LogP contribution in [0.15, 0.2) is 64.5 Å². The van der Waals surface area contributed by atoms with Crippen molar-refractivity contribution in [2.45, 2.75) is 13.0 Å². The number of nitrogens with zero attached hydrogens (tertiary/aromatic N) is 1. The molecule has 150 valence electrons. The second-order valence-electron chi connectivity index (χ2n) is 7.20. The Morgan fingerprint density at radius 2 is 1.93 bits per heavy atom. The zero-order chi connectivity index (χ0) is 20.7. The first-order valence-corrected chi connectivity index (χ1v) is 11.3. The smallest absolute Gasteiger partial charge is 0.265 e. The van der Waals surface area contributed by atoms with Gasteiger partial charge in [-0.15, -0.1) is 11.3 Å². The molecule has 30 heavy (non-hydrogen) atoms. The normalized spacial score (nSPS) is 13.3. The number of carbonyl (C=O) groups excluding carboxylic acids is 2. The van der Waals surface area contributed by atoms with Gasteiger partial charge in [0.05, 0.1) is 21.6 Å². The molecule has 2 aromatic carbocycles. The number of benzene rings is 2. The Balaban J connectivity index is 1.43. The van der Waals surface area contributed by atoms with Crippen molar-refractivity contribution >= 4 is 55.7 Å². The molecule has 5 nitrogen and oxygen atoms in total. The number of nitrogens with one attached hydrogen (secondary N) is 2. The largest absolute Gasteiger partial charge is 0.357 e. The Bertz CT molecular complexity index is 1260. The van der Waals surface area contributed by atoms with Gasteiger partial charge in [-0.1, -0.05) is 30.3 Å². The molecule has 1 aliphatic rings. The Hall–Kier alpha value is -2.90. The monoisotopic (exact) mass is 479 g/mol. The fraction of sp³-hybridized carbons (Fsp3) is 0.130. The number of hydrogen-bond donors (Lipinski definition) is 2. The third-order valence-electron chi connectivity index (χ3n) is 5.40. The third-order valence-corrected chi connectivity index (χ3v) is 6.93. The number of thiophene rings is 1. The summed E-state index contributed by atoms with van der Waals surface area (Å²) in [7, 11) is 0. The van der Waals surface area contributed by atoms with E-state index < -0.39 is 0 Å². The van der Waals surface area contributed by atoms with Gasteiger partial charge in [-0.25, -0.2) is 0 Å². The molecule has 0 fully saturated rings. The summed E-state index contributed by atoms with van der Waals surface area (Å²) in [5, 5.41) is 5.89. The second-order valence-corrected chi connectivity index (χ2v) is 9.00. The number of H-pyrrole nitrogens is 1. The number of aromatic amines is 1. The van der Waals surface area contributed by atoms with E-state index in [4.69, 9.17) is 0 Å². The summed E-state index contributed by atoms with van der Waals surface area (Å²) in [5.41, 5.74) is 4.45. The van der Waals surface area contributed by atoms with E-state index in [-0.39, 0.29) is 11.8 Å². The highest BCUT2D eigenvalue weighted by molar-refractivity contribution is 9.10. The Morgan fingerprint density at radius 1 is 1.07 bits per heavy atom. The maximum absolute atomic E-state index is 13.4. The molecule has 0 saturated carbocycles. The lowest BCUT2D eigenvalue weighted by atomic mass is 10.0. The van der Waals surface area contributed by atoms with Crippen molar-refractivity contribution in [1.29, 1.82) is 0 Å². The number of aromatic nitrogens is 1. The quantitative estimate of drug-likeness (QED) is 0.410. The average molecular weight is 480 g/mol. The molecule has 4 aromatic rings. The fourth-order valence-corrected chi connectivity index (χ4v) is 5.00. The lowest BCUT2D eigenvalue weighted by Gasteiger charge is -2.28. The maximum atomic E-state index is 13.4. The van der Waals surface area contributed by atoms with E-state index in [0.29, 0.717) is 29.2 Å². The Morgan fingerprint density at radius 3 is 2.77 bits per heavy atom. The fourth-order valence-electron chi connectivity index (χ4n) is 3.92. The number of carbonyl (C=O) groups is 2. The van der Waals surface area contributed by atoms with Crippen molar-refractivity contribution < 1.29 is 9.59 Å². The molecule has 7 heteroatoms. The molecule has 0 saturated heterocycles. The zero-order valence-electron chi connectivity index (χ0n) is 15.9. The molecule has 2 N–H and O–H groups in total. The predicted octanol–water partition coefficient (Wildman–Crippen LogP) is 5.44. The highest BCUT2D eigenvalue weighted by Crippen LogP contribution is 2.32. The second kappa shape index (κ2) is 7.74. The van der Waals surface area contributed by atoms with Gasteiger partial charge < -0.3 is 15.2 Å². The number of anilines is 1. The number of para-hydroxylation sites is 2. The van der Waals surface area contributed by atoms with E-state index in [1.807, 2.05) is 40.6 Å². The van der Waals surface area contributed by atoms with Crippen LogP contribution in [0.4, 0.5) is 5.69 Å². The Kier molecular flexibility index (Phi) is 4.92. The van der Waals surface area contributed by atoms with Gasteiger partial charge in [-0.05, 0) is 45.6 Å². The van der Waals surface area contributed by atoms with Crippen LogP contribution in [-0.4, -0.2) is 28.2 Å². The summed E-state index contributed by atoms with van der Waals surface area (Å²) in [6.45, 7) is 1.17. The van der Waals surface area contributed by atoms with Gasteiger partial charge in [-0.2, -0.15) is 0 Å². The molecule has 1 aliphatic heterocycles. The highest BCUT2D eigenvalue weighted by atomic mass is 79.9. The number of fused-ring (bicyclic) bond motifs is 3. The molecular weight excluding hydrogens is 462 g/mol. The van der Waals surface area contributed by atoms with Crippen molar-refractivity contribution in [3.05, 3.63) is 86.1 Å². The molecule has 3 heterocycles. The number of hydrogen-bond acceptors (Lipinski definition) is 3. The van der Waals surface area contributed by atoms with Crippen molar-refractivity contribution in [3.8, 4) is 0 Å². The van der Waals surface area contributed by atoms with Gasteiger partial charge in [0.2, 0.25) is 0 Å². The first-order valence-electron chi connectivity index (χ1n) is 9.63. The molecule has 0 bridgehead atoms. The highest BCUT2D eigenvalue weighted by Gasteiger charge is 2.26. The summed E-state index contributed by atoms with van der Waals surface area (Å²) in [4.78, 5) is 31.8. The van der Waals surface area contributed by atoms with Crippen LogP contribution in [0.3, 0.4) is 0 Å². The molecule has 2 amide bonds. The standard InChI is InChI=1S/C23H18BrN3O2S/c24-17-7-3-6-14-16-13-27(11-10-19(16)25-21(14)17)23(29)15-5-1-2-8-18(15)26-22(28)20-9-4-12-30-20/h1-9,12,25H,10-11,13H2,(H,26,28). The van der Waals surface area contributed by atoms with Gasteiger partial charge in [0.1, 0.15) is 0 Å². The van der Waals surface area contributed by atoms with Crippen molar-refractivity contribution in [2.24, 2.45) is 0 Å². The molecule has 0 radical (unpaired) electrons. The van der Waals surface area contributed by atoms with Gasteiger partial charge in [-0.3, -0.25) is 9.59 Å². The average Bonchev–Trinajstić information content (AvgIpc) is 3.42. The SMILES string of the molecule is O=C(Nc1ccccc1C(=O)N1CCc2[nH]c3c(Br)cccc3c2C1)c1cccs1. The van der Waals surface area contributed by atoms with Crippen molar-refractivity contribution in [2.75, 3.05) is 11.9 Å². The van der Waals surface area contributed by atoms with E-state index in [2.05, 4.69) is 32.3 Å². The minimum atomic E-state index is -0.201. The lowest BCUT2D eigenvalue weighted by Crippen LogP contribution is -2.36. The molecule has 5 rings (SSSR count). The van der Waals surface area contributed by atoms with Crippen LogP contribution in [0.25, 0.3) is 10.9 Å². The van der Waals surface area contributed by atoms with Crippen LogP contribution in [0, 0.1) is 0 Å². The number of amides is 2. The van der Waals surface area contributed by atoms with E-state index >= 15 is 0 Å². The first-order chi connectivity index (χ1) is 14.6. The van der Waals surface area contributed by atoms with Crippen LogP contribution in [0.2, 0.25) is 0 Å². The van der Waals surface area contributed by atoms with Gasteiger partial charge >= 0.3 is 0 Å². The van der Waals surface area contributed by atoms with E-state index in [9.17, 15) is 9.59 Å². The summed E-state index contributed by atoms with van der Waals surface area (Å²) in [6, 6.07) is 16.9. The van der Waals surface area contributed by atoms with Crippen LogP contribution in [-0.2, 0) is 13.0 Å². The molecule has 0 aliphatic carbocycles. The van der Waals surface area contributed by atoms with E-state index in [0.717, 1.165) is 27.4 Å². The van der Waals surface area contributed by atoms with Crippen LogP contribution in [0.1, 0.15) is 31.3 Å². The minimum absolute atomic E-state index is 0.0768. The predicted molar refractivity (Wildman–Crippen MR) is 123 cm³/mol. The first kappa shape index (κ1) is 19.1. The van der Waals surface area contributed by atoms with Gasteiger partial charge in [0, 0.05) is 40.6 Å². The summed E-state index contributed by atoms with van der Waals surface area (Å²) < 4.78 is 1.02. The zero-order valence-corrected chi connectivity index (χ0v) is 18.3. The van der Waals surface area contributed by atoms with Gasteiger partial charge in [0.15, 0.2) is 0 Å². The summed E-state index contributed by atoms with van der Waals surface area (Å²) in [5.74, 6) is -0.278. The molecule has 0 spiro atoms. The summed E-state index contributed by atoms with van der Waals surface area (Å²) in [6.07, 6.45) is 0.770. The lowest BCUT2D eigenvalue weighted by molar-refractivity contribution is 0.0736. The molecular formula is C23H18BrN3O2S. The van der Waals surface area contributed by atoms with E-state index in [1.165, 1.54) is 17.0 Å². The molecule has 0 unspecified atom stereocenters. The number of rotatable bonds is 3. The van der Waals surface area contributed by atoms with Crippen LogP contribution >= 0.6 is 27.3 Å². The van der Waals surface area contributed by atoms with Crippen LogP contribution < -0.4 is 5.32 Å². The number of halogens is 1. The van der Waals surface area contributed by atoms with Gasteiger partial charge in [0.25, 0.3) is 11.8 Å². The molecule has 2 aromatic heterocycles. The van der Waals surface area contributed by atoms with Crippen molar-refractivity contribution in [3.63, 3.8) is 0 Å². The summed E-state index contributed by atoms with van der Waals surface area (Å²) >= 11 is 4.97. The third kappa shape index (κ3) is 3.34. The van der Waals surface area contributed by atoms with E-state index in [1.54, 1.807) is 18.2 Å². The van der Waals surface area contributed by atoms with Crippen LogP contribution in [0.5, 0.6) is 0 Å². The minimum Gasteiger partial charge on any atom is -0.357 e. The maximum Gasteiger partial charge on any atom is 0.265 e. The van der Waals surface area contributed by atoms with Crippen molar-refractivity contribution in [1.82, 2.24) is 9.88 Å².